The van der Waals surface area contributed by atoms with E-state index in [1.165, 1.54) is 0 Å². The number of nitrogens with zero attached hydrogens (tertiary/aromatic N) is 4. The van der Waals surface area contributed by atoms with E-state index in [2.05, 4.69) is 40.2 Å². The fourth-order valence-electron chi connectivity index (χ4n) is 4.32. The van der Waals surface area contributed by atoms with Crippen molar-refractivity contribution in [3.8, 4) is 24.3 Å². The van der Waals surface area contributed by atoms with Gasteiger partial charge in [0.05, 0.1) is 46.5 Å². The van der Waals surface area contributed by atoms with E-state index in [9.17, 15) is 21.0 Å². The first kappa shape index (κ1) is 17.0. The van der Waals surface area contributed by atoms with E-state index in [1.54, 1.807) is 24.3 Å². The Morgan fingerprint density at radius 3 is 1.45 bits per heavy atom. The van der Waals surface area contributed by atoms with Crippen LogP contribution < -0.4 is 0 Å². The third-order valence-corrected chi connectivity index (χ3v) is 6.06. The van der Waals surface area contributed by atoms with E-state index >= 15 is 0 Å². The Morgan fingerprint density at radius 2 is 0.931 bits per heavy atom. The van der Waals surface area contributed by atoms with Gasteiger partial charge in [0, 0.05) is 31.4 Å². The van der Waals surface area contributed by atoms with Crippen LogP contribution in [0.2, 0.25) is 0 Å². The zero-order valence-electron chi connectivity index (χ0n) is 14.7. The molecule has 0 aliphatic rings. The molecule has 5 heteroatoms. The van der Waals surface area contributed by atoms with Crippen LogP contribution in [-0.4, -0.2) is 0 Å². The fourth-order valence-corrected chi connectivity index (χ4v) is 4.96. The summed E-state index contributed by atoms with van der Waals surface area (Å²) in [5, 5.41) is 45.0. The molecular weight excluding hydrogens is 424 g/mol. The SMILES string of the molecule is N#Cc1ccc2c3ccc(C#N)c4c(C#N)cc(Br)c(c5ccc(C#N)c1c25)c43. The Morgan fingerprint density at radius 1 is 0.483 bits per heavy atom. The molecule has 0 N–H and O–H groups in total. The van der Waals surface area contributed by atoms with Crippen molar-refractivity contribution in [2.45, 2.75) is 0 Å². The first-order chi connectivity index (χ1) is 14.1. The highest BCUT2D eigenvalue weighted by atomic mass is 79.9. The second kappa shape index (κ2) is 5.92. The van der Waals surface area contributed by atoms with Crippen molar-refractivity contribution in [1.29, 1.82) is 21.0 Å². The first-order valence-corrected chi connectivity index (χ1v) is 9.44. The van der Waals surface area contributed by atoms with Gasteiger partial charge in [-0.25, -0.2) is 0 Å². The molecule has 0 spiro atoms. The summed E-state index contributed by atoms with van der Waals surface area (Å²) < 4.78 is 0.733. The molecule has 0 saturated heterocycles. The lowest BCUT2D eigenvalue weighted by Gasteiger charge is -2.18. The van der Waals surface area contributed by atoms with Crippen LogP contribution in [0.1, 0.15) is 22.3 Å². The molecular formula is C24H7BrN4. The molecule has 0 radical (unpaired) electrons. The number of fused-ring (bicyclic) bond motifs is 2. The third-order valence-electron chi connectivity index (χ3n) is 5.44. The van der Waals surface area contributed by atoms with Gasteiger partial charge in [0.15, 0.2) is 0 Å². The van der Waals surface area contributed by atoms with E-state index < -0.39 is 0 Å². The Hall–Kier alpha value is -4.16. The van der Waals surface area contributed by atoms with Crippen LogP contribution in [-0.2, 0) is 0 Å². The van der Waals surface area contributed by atoms with E-state index in [4.69, 9.17) is 0 Å². The predicted octanol–water partition coefficient (Wildman–Crippen LogP) is 5.99. The first-order valence-electron chi connectivity index (χ1n) is 8.64. The summed E-state index contributed by atoms with van der Waals surface area (Å²) >= 11 is 3.61. The summed E-state index contributed by atoms with van der Waals surface area (Å²) in [5.41, 5.74) is 1.76. The number of halogens is 1. The number of benzene rings is 5. The van der Waals surface area contributed by atoms with Gasteiger partial charge in [0.2, 0.25) is 0 Å². The largest absolute Gasteiger partial charge is 0.192 e. The van der Waals surface area contributed by atoms with E-state index in [-0.39, 0.29) is 0 Å². The second-order valence-electron chi connectivity index (χ2n) is 6.71. The maximum Gasteiger partial charge on any atom is 0.0999 e. The zero-order valence-corrected chi connectivity index (χ0v) is 16.3. The summed E-state index contributed by atoms with van der Waals surface area (Å²) in [7, 11) is 0. The molecule has 0 unspecified atom stereocenters. The van der Waals surface area contributed by atoms with Gasteiger partial charge in [0.1, 0.15) is 0 Å². The molecule has 5 rings (SSSR count). The number of hydrogen-bond donors (Lipinski definition) is 0. The van der Waals surface area contributed by atoms with Crippen molar-refractivity contribution in [3.63, 3.8) is 0 Å². The van der Waals surface area contributed by atoms with Crippen LogP contribution in [0.3, 0.4) is 0 Å². The minimum atomic E-state index is 0.427. The molecule has 0 aromatic heterocycles. The molecule has 0 bridgehead atoms. The van der Waals surface area contributed by atoms with Gasteiger partial charge in [-0.05, 0) is 40.4 Å². The average Bonchev–Trinajstić information content (AvgIpc) is 2.76. The second-order valence-corrected chi connectivity index (χ2v) is 7.56. The summed E-state index contributed by atoms with van der Waals surface area (Å²) in [4.78, 5) is 0. The lowest BCUT2D eigenvalue weighted by molar-refractivity contribution is 1.48. The van der Waals surface area contributed by atoms with Gasteiger partial charge in [-0.3, -0.25) is 0 Å². The molecule has 5 aromatic rings. The molecule has 5 aromatic carbocycles. The van der Waals surface area contributed by atoms with Crippen molar-refractivity contribution >= 4 is 59.0 Å². The van der Waals surface area contributed by atoms with E-state index in [0.29, 0.717) is 33.0 Å². The Kier molecular flexibility index (Phi) is 3.46. The molecule has 0 atom stereocenters. The Balaban J connectivity index is 2.27. The van der Waals surface area contributed by atoms with Gasteiger partial charge in [0.25, 0.3) is 0 Å². The number of hydrogen-bond acceptors (Lipinski definition) is 4. The van der Waals surface area contributed by atoms with Gasteiger partial charge in [-0.15, -0.1) is 0 Å². The molecule has 0 fully saturated rings. The van der Waals surface area contributed by atoms with Gasteiger partial charge >= 0.3 is 0 Å². The highest BCUT2D eigenvalue weighted by Crippen LogP contribution is 2.46. The molecule has 0 saturated carbocycles. The highest BCUT2D eigenvalue weighted by molar-refractivity contribution is 9.10. The molecule has 130 valence electrons. The van der Waals surface area contributed by atoms with Gasteiger partial charge < -0.3 is 0 Å². The molecule has 0 aliphatic carbocycles. The highest BCUT2D eigenvalue weighted by Gasteiger charge is 2.21. The summed E-state index contributed by atoms with van der Waals surface area (Å²) in [5.74, 6) is 0. The summed E-state index contributed by atoms with van der Waals surface area (Å²) in [6.07, 6.45) is 0. The van der Waals surface area contributed by atoms with Crippen LogP contribution in [0, 0.1) is 45.3 Å². The normalized spacial score (nSPS) is 10.8. The maximum absolute atomic E-state index is 9.68. The molecule has 29 heavy (non-hydrogen) atoms. The van der Waals surface area contributed by atoms with Crippen LogP contribution >= 0.6 is 15.9 Å². The summed E-state index contributed by atoms with van der Waals surface area (Å²) in [6, 6.07) is 21.3. The fraction of sp³-hybridized carbons (Fsp3) is 0. The summed E-state index contributed by atoms with van der Waals surface area (Å²) in [6.45, 7) is 0. The standard InChI is InChI=1S/C24H7BrN4/c25-19-7-15(11-29)21-14(10-28)2-5-17-16-4-1-12(8-26)20-13(9-27)3-6-18(22(16)20)23(19)24(17)21/h1-7H. The van der Waals surface area contributed by atoms with Crippen molar-refractivity contribution in [2.75, 3.05) is 0 Å². The van der Waals surface area contributed by atoms with Crippen LogP contribution in [0.15, 0.2) is 46.9 Å². The maximum atomic E-state index is 9.68. The van der Waals surface area contributed by atoms with Crippen LogP contribution in [0.5, 0.6) is 0 Å². The number of rotatable bonds is 0. The zero-order chi connectivity index (χ0) is 20.3. The third kappa shape index (κ3) is 2.03. The van der Waals surface area contributed by atoms with Gasteiger partial charge in [-0.1, -0.05) is 34.1 Å². The average molecular weight is 431 g/mol. The molecule has 0 heterocycles. The Labute approximate surface area is 173 Å². The van der Waals surface area contributed by atoms with Crippen molar-refractivity contribution in [2.24, 2.45) is 0 Å². The van der Waals surface area contributed by atoms with Crippen LogP contribution in [0.25, 0.3) is 43.1 Å². The minimum Gasteiger partial charge on any atom is -0.192 e. The molecule has 0 aliphatic heterocycles. The van der Waals surface area contributed by atoms with Crippen molar-refractivity contribution < 1.29 is 0 Å². The predicted molar refractivity (Wildman–Crippen MR) is 114 cm³/mol. The smallest absolute Gasteiger partial charge is 0.0999 e. The minimum absolute atomic E-state index is 0.427. The monoisotopic (exact) mass is 430 g/mol. The lowest BCUT2D eigenvalue weighted by Crippen LogP contribution is -1.95. The lowest BCUT2D eigenvalue weighted by atomic mass is 9.85. The topological polar surface area (TPSA) is 95.2 Å². The van der Waals surface area contributed by atoms with Gasteiger partial charge in [-0.2, -0.15) is 21.0 Å². The number of nitriles is 4. The molecule has 4 nitrogen and oxygen atoms in total. The Bertz CT molecular complexity index is 1680. The van der Waals surface area contributed by atoms with Crippen molar-refractivity contribution in [3.05, 3.63) is 69.2 Å². The van der Waals surface area contributed by atoms with E-state index in [0.717, 1.165) is 36.8 Å². The van der Waals surface area contributed by atoms with E-state index in [1.807, 2.05) is 18.2 Å². The molecule has 0 amide bonds. The quantitative estimate of drug-likeness (QED) is 0.222. The van der Waals surface area contributed by atoms with Crippen LogP contribution in [0.4, 0.5) is 0 Å². The van der Waals surface area contributed by atoms with Crippen molar-refractivity contribution in [1.82, 2.24) is 0 Å².